The van der Waals surface area contributed by atoms with E-state index in [1.54, 1.807) is 6.07 Å². The fourth-order valence-corrected chi connectivity index (χ4v) is 1.63. The monoisotopic (exact) mass is 243 g/mol. The zero-order chi connectivity index (χ0) is 12.9. The smallest absolute Gasteiger partial charge is 0.163 e. The van der Waals surface area contributed by atoms with Gasteiger partial charge >= 0.3 is 0 Å². The van der Waals surface area contributed by atoms with E-state index in [0.717, 1.165) is 12.5 Å². The highest BCUT2D eigenvalue weighted by molar-refractivity contribution is 5.19. The largest absolute Gasteiger partial charge is 0.396 e. The van der Waals surface area contributed by atoms with Crippen LogP contribution in [0.2, 0.25) is 0 Å². The Bertz CT molecular complexity index is 370. The molecule has 0 aliphatic heterocycles. The first-order valence-corrected chi connectivity index (χ1v) is 5.81. The van der Waals surface area contributed by atoms with Crippen LogP contribution in [-0.4, -0.2) is 17.3 Å². The summed E-state index contributed by atoms with van der Waals surface area (Å²) in [6.07, 6.45) is 1.39. The molecule has 0 aliphatic carbocycles. The second kappa shape index (κ2) is 6.07. The van der Waals surface area contributed by atoms with Crippen molar-refractivity contribution < 1.29 is 13.9 Å². The molecule has 0 radical (unpaired) electrons. The number of benzene rings is 1. The normalized spacial score (nSPS) is 14.6. The lowest BCUT2D eigenvalue weighted by Gasteiger charge is -2.29. The van der Waals surface area contributed by atoms with Crippen molar-refractivity contribution in [3.05, 3.63) is 35.4 Å². The lowest BCUT2D eigenvalue weighted by molar-refractivity contribution is 0.214. The van der Waals surface area contributed by atoms with Crippen LogP contribution in [0.25, 0.3) is 0 Å². The van der Waals surface area contributed by atoms with E-state index in [9.17, 15) is 8.78 Å². The third kappa shape index (κ3) is 3.75. The maximum atomic E-state index is 13.4. The predicted molar refractivity (Wildman–Crippen MR) is 63.6 cm³/mol. The van der Waals surface area contributed by atoms with Crippen molar-refractivity contribution in [1.82, 2.24) is 5.32 Å². The molecule has 0 bridgehead atoms. The molecular weight excluding hydrogens is 224 g/mol. The molecular formula is C13H19F2NO. The number of halogens is 2. The van der Waals surface area contributed by atoms with Crippen LogP contribution in [0.1, 0.15) is 32.3 Å². The van der Waals surface area contributed by atoms with Gasteiger partial charge in [0.25, 0.3) is 0 Å². The van der Waals surface area contributed by atoms with Crippen molar-refractivity contribution >= 4 is 0 Å². The highest BCUT2D eigenvalue weighted by Gasteiger charge is 2.21. The quantitative estimate of drug-likeness (QED) is 0.805. The summed E-state index contributed by atoms with van der Waals surface area (Å²) in [5, 5.41) is 12.1. The summed E-state index contributed by atoms with van der Waals surface area (Å²) < 4.78 is 26.4. The van der Waals surface area contributed by atoms with Crippen LogP contribution in [0.15, 0.2) is 18.2 Å². The summed E-state index contributed by atoms with van der Waals surface area (Å²) in [6, 6.07) is 4.15. The molecule has 0 amide bonds. The highest BCUT2D eigenvalue weighted by Crippen LogP contribution is 2.17. The Balaban J connectivity index is 2.69. The maximum absolute atomic E-state index is 13.4. The second-order valence-electron chi connectivity index (χ2n) is 4.45. The topological polar surface area (TPSA) is 32.3 Å². The summed E-state index contributed by atoms with van der Waals surface area (Å²) >= 11 is 0. The fraction of sp³-hybridized carbons (Fsp3) is 0.538. The van der Waals surface area contributed by atoms with Crippen molar-refractivity contribution in [3.63, 3.8) is 0 Å². The van der Waals surface area contributed by atoms with Crippen molar-refractivity contribution in [1.29, 1.82) is 0 Å². The molecule has 0 saturated carbocycles. The minimum atomic E-state index is -0.829. The maximum Gasteiger partial charge on any atom is 0.163 e. The second-order valence-corrected chi connectivity index (χ2v) is 4.45. The Kier molecular flexibility index (Phi) is 5.02. The molecule has 1 aromatic carbocycles. The van der Waals surface area contributed by atoms with Crippen LogP contribution in [0.4, 0.5) is 8.78 Å². The van der Waals surface area contributed by atoms with Crippen LogP contribution >= 0.6 is 0 Å². The van der Waals surface area contributed by atoms with Crippen molar-refractivity contribution in [2.24, 2.45) is 0 Å². The molecule has 0 spiro atoms. The minimum absolute atomic E-state index is 0.0724. The molecule has 0 aromatic heterocycles. The summed E-state index contributed by atoms with van der Waals surface area (Å²) in [7, 11) is 0. The molecule has 1 atom stereocenters. The Hall–Kier alpha value is -1.00. The Labute approximate surface area is 101 Å². The number of nitrogens with one attached hydrogen (secondary N) is 1. The summed E-state index contributed by atoms with van der Waals surface area (Å²) in [5.74, 6) is -1.63. The number of aliphatic hydroxyl groups is 1. The van der Waals surface area contributed by atoms with Gasteiger partial charge in [0.2, 0.25) is 0 Å². The molecule has 1 rings (SSSR count). The minimum Gasteiger partial charge on any atom is -0.396 e. The lowest BCUT2D eigenvalue weighted by Crippen LogP contribution is -2.42. The van der Waals surface area contributed by atoms with E-state index < -0.39 is 11.6 Å². The van der Waals surface area contributed by atoms with Crippen LogP contribution in [0.3, 0.4) is 0 Å². The first kappa shape index (κ1) is 14.1. The lowest BCUT2D eigenvalue weighted by atomic mass is 9.94. The van der Waals surface area contributed by atoms with Gasteiger partial charge in [-0.3, -0.25) is 0 Å². The van der Waals surface area contributed by atoms with Crippen LogP contribution in [0.5, 0.6) is 0 Å². The van der Waals surface area contributed by atoms with Gasteiger partial charge < -0.3 is 10.4 Å². The molecule has 0 saturated heterocycles. The van der Waals surface area contributed by atoms with Gasteiger partial charge in [-0.25, -0.2) is 8.78 Å². The summed E-state index contributed by atoms with van der Waals surface area (Å²) in [4.78, 5) is 0. The first-order valence-electron chi connectivity index (χ1n) is 5.81. The van der Waals surface area contributed by atoms with E-state index in [-0.39, 0.29) is 18.7 Å². The standard InChI is InChI=1S/C13H19F2NO/c1-3-13(2,7-8-17)16-9-10-5-4-6-11(14)12(10)15/h4-6,16-17H,3,7-9H2,1-2H3. The average molecular weight is 243 g/mol. The van der Waals surface area contributed by atoms with E-state index in [0.29, 0.717) is 12.0 Å². The van der Waals surface area contributed by atoms with Gasteiger partial charge in [-0.2, -0.15) is 0 Å². The Morgan fingerprint density at radius 1 is 1.35 bits per heavy atom. The SMILES string of the molecule is CCC(C)(CCO)NCc1cccc(F)c1F. The molecule has 4 heteroatoms. The van der Waals surface area contributed by atoms with Crippen LogP contribution < -0.4 is 5.32 Å². The van der Waals surface area contributed by atoms with E-state index in [1.807, 2.05) is 13.8 Å². The van der Waals surface area contributed by atoms with Crippen molar-refractivity contribution in [3.8, 4) is 0 Å². The first-order chi connectivity index (χ1) is 8.02. The van der Waals surface area contributed by atoms with Gasteiger partial charge in [0, 0.05) is 24.3 Å². The van der Waals surface area contributed by atoms with E-state index in [2.05, 4.69) is 5.32 Å². The molecule has 0 heterocycles. The number of rotatable bonds is 6. The average Bonchev–Trinajstić information content (AvgIpc) is 2.31. The molecule has 1 aromatic rings. The molecule has 0 aliphatic rings. The van der Waals surface area contributed by atoms with Gasteiger partial charge in [0.1, 0.15) is 0 Å². The summed E-state index contributed by atoms with van der Waals surface area (Å²) in [6.45, 7) is 4.28. The fourth-order valence-electron chi connectivity index (χ4n) is 1.63. The summed E-state index contributed by atoms with van der Waals surface area (Å²) in [5.41, 5.74) is 0.0515. The third-order valence-electron chi connectivity index (χ3n) is 3.18. The van der Waals surface area contributed by atoms with Crippen molar-refractivity contribution in [2.75, 3.05) is 6.61 Å². The molecule has 0 fully saturated rings. The van der Waals surface area contributed by atoms with E-state index in [4.69, 9.17) is 5.11 Å². The highest BCUT2D eigenvalue weighted by atomic mass is 19.2. The zero-order valence-electron chi connectivity index (χ0n) is 10.3. The Morgan fingerprint density at radius 3 is 2.65 bits per heavy atom. The van der Waals surface area contributed by atoms with Crippen LogP contribution in [0, 0.1) is 11.6 Å². The number of hydrogen-bond donors (Lipinski definition) is 2. The molecule has 17 heavy (non-hydrogen) atoms. The van der Waals surface area contributed by atoms with Crippen molar-refractivity contribution in [2.45, 2.75) is 38.8 Å². The number of hydrogen-bond acceptors (Lipinski definition) is 2. The molecule has 96 valence electrons. The number of aliphatic hydroxyl groups excluding tert-OH is 1. The third-order valence-corrected chi connectivity index (χ3v) is 3.18. The zero-order valence-corrected chi connectivity index (χ0v) is 10.3. The van der Waals surface area contributed by atoms with Gasteiger partial charge in [0.05, 0.1) is 0 Å². The van der Waals surface area contributed by atoms with E-state index in [1.165, 1.54) is 6.07 Å². The van der Waals surface area contributed by atoms with Gasteiger partial charge in [-0.05, 0) is 25.8 Å². The van der Waals surface area contributed by atoms with Gasteiger partial charge in [-0.1, -0.05) is 19.1 Å². The molecule has 2 N–H and O–H groups in total. The Morgan fingerprint density at radius 2 is 2.06 bits per heavy atom. The van der Waals surface area contributed by atoms with Gasteiger partial charge in [0.15, 0.2) is 11.6 Å². The molecule has 1 unspecified atom stereocenters. The predicted octanol–water partition coefficient (Wildman–Crippen LogP) is 2.61. The van der Waals surface area contributed by atoms with E-state index >= 15 is 0 Å². The van der Waals surface area contributed by atoms with Gasteiger partial charge in [-0.15, -0.1) is 0 Å². The van der Waals surface area contributed by atoms with Crippen LogP contribution in [-0.2, 0) is 6.54 Å². The molecule has 2 nitrogen and oxygen atoms in total.